The van der Waals surface area contributed by atoms with E-state index in [1.165, 1.54) is 24.0 Å². The van der Waals surface area contributed by atoms with Crippen molar-refractivity contribution in [3.63, 3.8) is 0 Å². The maximum absolute atomic E-state index is 11.2. The summed E-state index contributed by atoms with van der Waals surface area (Å²) >= 11 is 0. The van der Waals surface area contributed by atoms with E-state index < -0.39 is 11.0 Å². The van der Waals surface area contributed by atoms with E-state index in [1.807, 2.05) is 24.4 Å². The van der Waals surface area contributed by atoms with Gasteiger partial charge >= 0.3 is 0 Å². The predicted molar refractivity (Wildman–Crippen MR) is 168 cm³/mol. The Morgan fingerprint density at radius 1 is 0.955 bits per heavy atom. The molecule has 4 aromatic rings. The highest BCUT2D eigenvalue weighted by Crippen LogP contribution is 2.69. The lowest BCUT2D eigenvalue weighted by Crippen LogP contribution is -2.75. The fourth-order valence-electron chi connectivity index (χ4n) is 9.10. The Kier molecular flexibility index (Phi) is 5.92. The molecule has 2 bridgehead atoms. The number of likely N-dealkylation sites (tertiary alicyclic amines) is 1. The van der Waals surface area contributed by atoms with Crippen LogP contribution < -0.4 is 4.74 Å². The highest BCUT2D eigenvalue weighted by atomic mass is 16.5. The first kappa shape index (κ1) is 26.5. The number of fused-ring (bicyclic) bond motifs is 2. The SMILES string of the molecule is Oc1cccc(-c2cnc3c(c2)C[C@@]2(OCCCc4ccccc4)[C@H]4Cc5ccc(O)c6c5[C@@]2(CCN4CC2CC2)[C@H]3O6)c1. The smallest absolute Gasteiger partial charge is 0.166 e. The van der Waals surface area contributed by atoms with Crippen LogP contribution in [0.3, 0.4) is 0 Å². The number of aryl methyl sites for hydroxylation is 1. The minimum absolute atomic E-state index is 0.209. The zero-order valence-corrected chi connectivity index (χ0v) is 24.9. The number of aromatic nitrogens is 1. The van der Waals surface area contributed by atoms with Crippen LogP contribution in [-0.4, -0.2) is 51.4 Å². The molecule has 0 amide bonds. The number of phenolic OH excluding ortho intramolecular Hbond substituents is 2. The van der Waals surface area contributed by atoms with E-state index >= 15 is 0 Å². The zero-order chi connectivity index (χ0) is 29.5. The molecule has 2 N–H and O–H groups in total. The lowest BCUT2D eigenvalue weighted by Gasteiger charge is -2.64. The molecule has 1 saturated carbocycles. The maximum atomic E-state index is 11.2. The molecule has 2 aliphatic heterocycles. The number of rotatable bonds is 8. The van der Waals surface area contributed by atoms with Crippen LogP contribution in [0.5, 0.6) is 17.2 Å². The summed E-state index contributed by atoms with van der Waals surface area (Å²) in [6.45, 7) is 2.78. The van der Waals surface area contributed by atoms with Crippen LogP contribution in [0, 0.1) is 5.92 Å². The Labute approximate surface area is 258 Å². The number of phenols is 2. The molecule has 5 aliphatic rings. The molecule has 1 saturated heterocycles. The van der Waals surface area contributed by atoms with Crippen molar-refractivity contribution in [2.45, 2.75) is 68.1 Å². The second-order valence-corrected chi connectivity index (χ2v) is 13.6. The molecule has 0 radical (unpaired) electrons. The van der Waals surface area contributed by atoms with Crippen LogP contribution in [0.2, 0.25) is 0 Å². The summed E-state index contributed by atoms with van der Waals surface area (Å²) in [7, 11) is 0. The van der Waals surface area contributed by atoms with E-state index in [0.717, 1.165) is 79.1 Å². The first-order chi connectivity index (χ1) is 21.6. The van der Waals surface area contributed by atoms with Gasteiger partial charge in [-0.15, -0.1) is 0 Å². The molecule has 9 rings (SSSR count). The molecule has 6 nitrogen and oxygen atoms in total. The summed E-state index contributed by atoms with van der Waals surface area (Å²) in [5.41, 5.74) is 6.86. The van der Waals surface area contributed by atoms with Crippen LogP contribution >= 0.6 is 0 Å². The molecule has 1 spiro atoms. The van der Waals surface area contributed by atoms with E-state index in [2.05, 4.69) is 47.4 Å². The summed E-state index contributed by atoms with van der Waals surface area (Å²) in [5.74, 6) is 1.86. The fraction of sp³-hybridized carbons (Fsp3) is 0.395. The van der Waals surface area contributed by atoms with Gasteiger partial charge < -0.3 is 19.7 Å². The van der Waals surface area contributed by atoms with Gasteiger partial charge in [0.25, 0.3) is 0 Å². The fourth-order valence-corrected chi connectivity index (χ4v) is 9.10. The lowest BCUT2D eigenvalue weighted by molar-refractivity contribution is -0.205. The van der Waals surface area contributed by atoms with Crippen LogP contribution in [0.4, 0.5) is 0 Å². The van der Waals surface area contributed by atoms with E-state index in [0.29, 0.717) is 12.4 Å². The number of benzene rings is 3. The summed E-state index contributed by atoms with van der Waals surface area (Å²) in [6, 6.07) is 24.4. The lowest BCUT2D eigenvalue weighted by atomic mass is 9.48. The number of ether oxygens (including phenoxy) is 2. The van der Waals surface area contributed by atoms with Crippen molar-refractivity contribution in [1.29, 1.82) is 0 Å². The third kappa shape index (κ3) is 3.83. The Balaban J connectivity index is 1.19. The summed E-state index contributed by atoms with van der Waals surface area (Å²) in [6.07, 6.45) is 8.69. The van der Waals surface area contributed by atoms with Gasteiger partial charge in [0.15, 0.2) is 17.6 Å². The largest absolute Gasteiger partial charge is 0.508 e. The van der Waals surface area contributed by atoms with Gasteiger partial charge in [-0.25, -0.2) is 0 Å². The molecule has 0 unspecified atom stereocenters. The highest BCUT2D eigenvalue weighted by molar-refractivity contribution is 5.68. The molecular formula is C38H38N2O4. The van der Waals surface area contributed by atoms with Gasteiger partial charge in [0, 0.05) is 42.9 Å². The molecule has 3 heterocycles. The number of aromatic hydroxyl groups is 2. The van der Waals surface area contributed by atoms with Gasteiger partial charge in [-0.05, 0) is 97.5 Å². The van der Waals surface area contributed by atoms with Crippen LogP contribution in [0.1, 0.15) is 59.7 Å². The topological polar surface area (TPSA) is 75.1 Å². The van der Waals surface area contributed by atoms with Crippen molar-refractivity contribution in [3.05, 3.63) is 107 Å². The number of piperidine rings is 1. The number of hydrogen-bond acceptors (Lipinski definition) is 6. The highest BCUT2D eigenvalue weighted by Gasteiger charge is 2.73. The number of pyridine rings is 1. The molecule has 3 aromatic carbocycles. The first-order valence-corrected chi connectivity index (χ1v) is 16.3. The van der Waals surface area contributed by atoms with Crippen molar-refractivity contribution in [1.82, 2.24) is 9.88 Å². The standard InChI is InChI=1S/C38H38N2O4/c41-30-10-4-9-26(19-30)29-18-28-21-38(43-17-5-8-24-6-2-1-3-7-24)32-20-27-13-14-31(42)35-33(27)37(38,36(44-35)34(28)39-22-29)15-16-40(32)23-25-11-12-25/h1-4,6-7,9-10,13-14,18-19,22,25,32,36,41-42H,5,8,11-12,15-17,20-21,23H2/t32-,36+,37+,38-/m1/s1. The van der Waals surface area contributed by atoms with E-state index in [9.17, 15) is 10.2 Å². The molecule has 4 atom stereocenters. The molecule has 44 heavy (non-hydrogen) atoms. The summed E-state index contributed by atoms with van der Waals surface area (Å²) in [4.78, 5) is 7.84. The second-order valence-electron chi connectivity index (χ2n) is 13.6. The van der Waals surface area contributed by atoms with Crippen LogP contribution in [0.15, 0.2) is 79.0 Å². The average molecular weight is 587 g/mol. The monoisotopic (exact) mass is 586 g/mol. The normalized spacial score (nSPS) is 27.8. The van der Waals surface area contributed by atoms with Gasteiger partial charge in [-0.1, -0.05) is 48.5 Å². The minimum atomic E-state index is -0.514. The van der Waals surface area contributed by atoms with E-state index in [4.69, 9.17) is 14.5 Å². The molecule has 224 valence electrons. The number of hydrogen-bond donors (Lipinski definition) is 2. The van der Waals surface area contributed by atoms with Crippen molar-refractivity contribution in [2.24, 2.45) is 5.92 Å². The molecule has 3 aliphatic carbocycles. The average Bonchev–Trinajstić information content (AvgIpc) is 3.79. The van der Waals surface area contributed by atoms with Crippen LogP contribution in [0.25, 0.3) is 11.1 Å². The quantitative estimate of drug-likeness (QED) is 0.229. The van der Waals surface area contributed by atoms with Crippen molar-refractivity contribution in [2.75, 3.05) is 19.7 Å². The van der Waals surface area contributed by atoms with Gasteiger partial charge in [-0.3, -0.25) is 9.88 Å². The van der Waals surface area contributed by atoms with Crippen LogP contribution in [-0.2, 0) is 29.4 Å². The molecular weight excluding hydrogens is 548 g/mol. The molecule has 2 fully saturated rings. The van der Waals surface area contributed by atoms with E-state index in [1.54, 1.807) is 12.1 Å². The molecule has 6 heteroatoms. The third-order valence-corrected chi connectivity index (χ3v) is 11.2. The maximum Gasteiger partial charge on any atom is 0.166 e. The number of nitrogens with zero attached hydrogens (tertiary/aromatic N) is 2. The van der Waals surface area contributed by atoms with Crippen molar-refractivity contribution in [3.8, 4) is 28.4 Å². The van der Waals surface area contributed by atoms with Gasteiger partial charge in [0.2, 0.25) is 0 Å². The Morgan fingerprint density at radius 2 is 1.84 bits per heavy atom. The Morgan fingerprint density at radius 3 is 2.68 bits per heavy atom. The third-order valence-electron chi connectivity index (χ3n) is 11.2. The summed E-state index contributed by atoms with van der Waals surface area (Å²) < 4.78 is 14.3. The predicted octanol–water partition coefficient (Wildman–Crippen LogP) is 6.52. The molecule has 1 aromatic heterocycles. The Bertz CT molecular complexity index is 1750. The Hall–Kier alpha value is -3.87. The van der Waals surface area contributed by atoms with E-state index in [-0.39, 0.29) is 23.6 Å². The van der Waals surface area contributed by atoms with Crippen molar-refractivity contribution < 1.29 is 19.7 Å². The van der Waals surface area contributed by atoms with Gasteiger partial charge in [0.1, 0.15) is 11.4 Å². The minimum Gasteiger partial charge on any atom is -0.508 e. The zero-order valence-electron chi connectivity index (χ0n) is 24.9. The van der Waals surface area contributed by atoms with Gasteiger partial charge in [0.05, 0.1) is 11.1 Å². The first-order valence-electron chi connectivity index (χ1n) is 16.3. The second kappa shape index (κ2) is 9.82. The summed E-state index contributed by atoms with van der Waals surface area (Å²) in [5, 5.41) is 21.4. The van der Waals surface area contributed by atoms with Gasteiger partial charge in [-0.2, -0.15) is 0 Å². The van der Waals surface area contributed by atoms with Crippen molar-refractivity contribution >= 4 is 0 Å².